The predicted octanol–water partition coefficient (Wildman–Crippen LogP) is 3.84. The maximum atomic E-state index is 10.9. The molecule has 8 heteroatoms. The summed E-state index contributed by atoms with van der Waals surface area (Å²) >= 11 is 0. The minimum Gasteiger partial charge on any atom is -0.461 e. The molecule has 0 radical (unpaired) electrons. The van der Waals surface area contributed by atoms with Gasteiger partial charge in [0.05, 0.1) is 27.9 Å². The fourth-order valence-corrected chi connectivity index (χ4v) is 3.00. The van der Waals surface area contributed by atoms with Gasteiger partial charge in [0.25, 0.3) is 5.69 Å². The molecule has 26 heavy (non-hydrogen) atoms. The van der Waals surface area contributed by atoms with Gasteiger partial charge < -0.3 is 4.42 Å². The molecule has 0 bridgehead atoms. The van der Waals surface area contributed by atoms with E-state index in [0.717, 1.165) is 11.0 Å². The van der Waals surface area contributed by atoms with Gasteiger partial charge >= 0.3 is 0 Å². The molecule has 0 aliphatic heterocycles. The number of nitro groups is 1. The number of hydrogen-bond donors (Lipinski definition) is 0. The molecule has 0 N–H and O–H groups in total. The van der Waals surface area contributed by atoms with Gasteiger partial charge in [-0.05, 0) is 36.4 Å². The first-order valence-corrected chi connectivity index (χ1v) is 7.87. The lowest BCUT2D eigenvalue weighted by Gasteiger charge is -2.00. The van der Waals surface area contributed by atoms with Crippen LogP contribution in [0, 0.1) is 10.1 Å². The van der Waals surface area contributed by atoms with E-state index in [2.05, 4.69) is 10.1 Å². The lowest BCUT2D eigenvalue weighted by Crippen LogP contribution is -1.98. The monoisotopic (exact) mass is 345 g/mol. The van der Waals surface area contributed by atoms with Crippen molar-refractivity contribution in [2.24, 2.45) is 0 Å². The van der Waals surface area contributed by atoms with Gasteiger partial charge in [-0.15, -0.1) is 5.10 Å². The van der Waals surface area contributed by atoms with Crippen molar-refractivity contribution in [3.05, 3.63) is 77.0 Å². The average Bonchev–Trinajstić information content (AvgIpc) is 3.37. The number of hydrogen-bond acceptors (Lipinski definition) is 5. The van der Waals surface area contributed by atoms with E-state index in [-0.39, 0.29) is 5.69 Å². The van der Waals surface area contributed by atoms with E-state index < -0.39 is 4.92 Å². The summed E-state index contributed by atoms with van der Waals surface area (Å²) in [5.74, 6) is 1.82. The van der Waals surface area contributed by atoms with Gasteiger partial charge in [0, 0.05) is 12.1 Å². The zero-order valence-corrected chi connectivity index (χ0v) is 13.3. The minimum absolute atomic E-state index is 0.0247. The highest BCUT2D eigenvalue weighted by atomic mass is 16.6. The van der Waals surface area contributed by atoms with Gasteiger partial charge in [-0.2, -0.15) is 4.68 Å². The Balaban J connectivity index is 1.81. The third-order valence-electron chi connectivity index (χ3n) is 4.19. The summed E-state index contributed by atoms with van der Waals surface area (Å²) in [6.45, 7) is 0. The van der Waals surface area contributed by atoms with Crippen molar-refractivity contribution in [1.82, 2.24) is 19.2 Å². The maximum absolute atomic E-state index is 10.9. The number of furan rings is 1. The quantitative estimate of drug-likeness (QED) is 0.366. The Morgan fingerprint density at radius 1 is 1.00 bits per heavy atom. The Hall–Kier alpha value is -3.94. The molecule has 0 spiro atoms. The number of imidazole rings is 1. The highest BCUT2D eigenvalue weighted by Gasteiger charge is 2.20. The van der Waals surface area contributed by atoms with Crippen molar-refractivity contribution < 1.29 is 9.34 Å². The molecule has 0 aliphatic carbocycles. The molecule has 5 rings (SSSR count). The van der Waals surface area contributed by atoms with Crippen LogP contribution in [-0.4, -0.2) is 24.1 Å². The highest BCUT2D eigenvalue weighted by molar-refractivity contribution is 5.82. The summed E-state index contributed by atoms with van der Waals surface area (Å²) in [4.78, 5) is 15.1. The maximum Gasteiger partial charge on any atom is 0.269 e. The summed E-state index contributed by atoms with van der Waals surface area (Å²) in [7, 11) is 0. The first kappa shape index (κ1) is 14.4. The van der Waals surface area contributed by atoms with Crippen LogP contribution in [0.2, 0.25) is 0 Å². The molecule has 0 aliphatic rings. The largest absolute Gasteiger partial charge is 0.461 e. The van der Waals surface area contributed by atoms with Crippen molar-refractivity contribution in [3.63, 3.8) is 0 Å². The van der Waals surface area contributed by atoms with Gasteiger partial charge in [0.15, 0.2) is 5.76 Å². The molecule has 0 fully saturated rings. The molecule has 126 valence electrons. The first-order chi connectivity index (χ1) is 12.7. The van der Waals surface area contributed by atoms with Crippen molar-refractivity contribution in [2.45, 2.75) is 0 Å². The molecule has 0 atom stereocenters. The first-order valence-electron chi connectivity index (χ1n) is 7.87. The van der Waals surface area contributed by atoms with Gasteiger partial charge in [-0.25, -0.2) is 4.98 Å². The second-order valence-electron chi connectivity index (χ2n) is 5.72. The molecule has 3 heterocycles. The molecule has 2 aromatic carbocycles. The van der Waals surface area contributed by atoms with Crippen LogP contribution in [0.25, 0.3) is 34.1 Å². The molecular weight excluding hydrogens is 334 g/mol. The summed E-state index contributed by atoms with van der Waals surface area (Å²) in [5.41, 5.74) is 2.43. The van der Waals surface area contributed by atoms with Crippen molar-refractivity contribution in [2.75, 3.05) is 0 Å². The van der Waals surface area contributed by atoms with Gasteiger partial charge in [-0.3, -0.25) is 14.5 Å². The molecule has 0 unspecified atom stereocenters. The van der Waals surface area contributed by atoms with Gasteiger partial charge in [0.2, 0.25) is 11.6 Å². The summed E-state index contributed by atoms with van der Waals surface area (Å²) in [6.07, 6.45) is 1.59. The molecule has 0 saturated carbocycles. The van der Waals surface area contributed by atoms with E-state index in [0.29, 0.717) is 23.0 Å². The summed E-state index contributed by atoms with van der Waals surface area (Å²) in [5, 5.41) is 15.5. The van der Waals surface area contributed by atoms with Crippen LogP contribution in [0.15, 0.2) is 71.3 Å². The number of para-hydroxylation sites is 2. The third-order valence-corrected chi connectivity index (χ3v) is 4.19. The van der Waals surface area contributed by atoms with Crippen molar-refractivity contribution >= 4 is 22.5 Å². The summed E-state index contributed by atoms with van der Waals surface area (Å²) in [6, 6.07) is 17.6. The number of nitrogens with zero attached hydrogens (tertiary/aromatic N) is 5. The molecule has 0 saturated heterocycles. The molecule has 5 aromatic rings. The SMILES string of the molecule is O=[N+]([O-])c1ccc(-n2nc(-c3ccco3)n3c4ccccc4nc23)cc1. The van der Waals surface area contributed by atoms with E-state index >= 15 is 0 Å². The van der Waals surface area contributed by atoms with Crippen LogP contribution < -0.4 is 0 Å². The Bertz CT molecular complexity index is 1250. The predicted molar refractivity (Wildman–Crippen MR) is 94.2 cm³/mol. The smallest absolute Gasteiger partial charge is 0.269 e. The Labute approximate surface area is 146 Å². The second kappa shape index (κ2) is 5.28. The molecular formula is C18H11N5O3. The van der Waals surface area contributed by atoms with Gasteiger partial charge in [-0.1, -0.05) is 12.1 Å². The van der Waals surface area contributed by atoms with Gasteiger partial charge in [0.1, 0.15) is 0 Å². The number of nitro benzene ring substituents is 1. The van der Waals surface area contributed by atoms with E-state index in [1.165, 1.54) is 12.1 Å². The Morgan fingerprint density at radius 3 is 2.54 bits per heavy atom. The number of rotatable bonds is 3. The fraction of sp³-hybridized carbons (Fsp3) is 0. The minimum atomic E-state index is -0.430. The van der Waals surface area contributed by atoms with E-state index in [1.54, 1.807) is 29.1 Å². The van der Waals surface area contributed by atoms with E-state index in [9.17, 15) is 10.1 Å². The average molecular weight is 345 g/mol. The van der Waals surface area contributed by atoms with Crippen LogP contribution in [0.3, 0.4) is 0 Å². The highest BCUT2D eigenvalue weighted by Crippen LogP contribution is 2.27. The second-order valence-corrected chi connectivity index (χ2v) is 5.72. The van der Waals surface area contributed by atoms with Crippen molar-refractivity contribution in [3.8, 4) is 17.3 Å². The Kier molecular flexibility index (Phi) is 2.93. The van der Waals surface area contributed by atoms with Crippen molar-refractivity contribution in [1.29, 1.82) is 0 Å². The number of benzene rings is 2. The fourth-order valence-electron chi connectivity index (χ4n) is 3.00. The standard InChI is InChI=1S/C18H11N5O3/c24-23(25)13-9-7-12(8-10-13)22-18-19-14-4-1-2-5-15(14)21(18)17(20-22)16-6-3-11-26-16/h1-11H. The normalized spacial score (nSPS) is 11.4. The Morgan fingerprint density at radius 2 is 1.81 bits per heavy atom. The lowest BCUT2D eigenvalue weighted by molar-refractivity contribution is -0.384. The van der Waals surface area contributed by atoms with E-state index in [1.807, 2.05) is 34.7 Å². The molecule has 0 amide bonds. The number of aromatic nitrogens is 4. The zero-order valence-electron chi connectivity index (χ0n) is 13.3. The van der Waals surface area contributed by atoms with E-state index in [4.69, 9.17) is 4.42 Å². The van der Waals surface area contributed by atoms with Crippen LogP contribution in [-0.2, 0) is 0 Å². The zero-order chi connectivity index (χ0) is 17.7. The molecule has 8 nitrogen and oxygen atoms in total. The van der Waals surface area contributed by atoms with Crippen LogP contribution in [0.5, 0.6) is 0 Å². The van der Waals surface area contributed by atoms with Crippen LogP contribution in [0.4, 0.5) is 5.69 Å². The number of non-ortho nitro benzene ring substituents is 1. The van der Waals surface area contributed by atoms with Crippen LogP contribution >= 0.6 is 0 Å². The van der Waals surface area contributed by atoms with Crippen LogP contribution in [0.1, 0.15) is 0 Å². The number of fused-ring (bicyclic) bond motifs is 3. The lowest BCUT2D eigenvalue weighted by atomic mass is 10.3. The third kappa shape index (κ3) is 2.02. The molecule has 3 aromatic heterocycles. The topological polar surface area (TPSA) is 91.4 Å². The summed E-state index contributed by atoms with van der Waals surface area (Å²) < 4.78 is 9.10.